The van der Waals surface area contributed by atoms with Crippen LogP contribution in [0, 0.1) is 0 Å². The number of aliphatic hydroxyl groups is 1. The summed E-state index contributed by atoms with van der Waals surface area (Å²) in [5.74, 6) is 0. The number of benzene rings is 2. The zero-order valence-corrected chi connectivity index (χ0v) is 18.9. The highest BCUT2D eigenvalue weighted by molar-refractivity contribution is 6.35. The third-order valence-electron chi connectivity index (χ3n) is 5.55. The molecule has 3 rings (SSSR count). The van der Waals surface area contributed by atoms with Crippen molar-refractivity contribution in [1.82, 2.24) is 9.88 Å². The van der Waals surface area contributed by atoms with E-state index in [-0.39, 0.29) is 0 Å². The van der Waals surface area contributed by atoms with E-state index in [2.05, 4.69) is 36.9 Å². The predicted octanol–water partition coefficient (Wildman–Crippen LogP) is 6.41. The molecule has 160 valence electrons. The number of nitrogens with zero attached hydrogens (tertiary/aromatic N) is 2. The number of unbranched alkanes of at least 4 members (excludes halogenated alkanes) is 2. The summed E-state index contributed by atoms with van der Waals surface area (Å²) in [7, 11) is 0. The van der Waals surface area contributed by atoms with Crippen LogP contribution < -0.4 is 0 Å². The maximum atomic E-state index is 11.3. The Hall–Kier alpha value is -1.94. The Kier molecular flexibility index (Phi) is 8.68. The molecule has 3 aromatic rings. The van der Waals surface area contributed by atoms with Gasteiger partial charge in [-0.05, 0) is 49.2 Å². The van der Waals surface area contributed by atoms with Crippen molar-refractivity contribution in [3.05, 3.63) is 76.4 Å². The van der Waals surface area contributed by atoms with E-state index in [1.165, 1.54) is 5.56 Å². The normalized spacial score (nSPS) is 12.6. The molecule has 0 radical (unpaired) electrons. The van der Waals surface area contributed by atoms with Crippen LogP contribution in [0.25, 0.3) is 10.9 Å². The van der Waals surface area contributed by atoms with E-state index in [4.69, 9.17) is 16.6 Å². The van der Waals surface area contributed by atoms with Gasteiger partial charge in [0.1, 0.15) is 0 Å². The molecular weight excluding hydrogens is 392 g/mol. The van der Waals surface area contributed by atoms with Gasteiger partial charge in [0, 0.05) is 24.0 Å². The molecule has 0 amide bonds. The lowest BCUT2D eigenvalue weighted by molar-refractivity contribution is 0.112. The number of aliphatic hydroxyl groups excluding tert-OH is 1. The van der Waals surface area contributed by atoms with Crippen molar-refractivity contribution < 1.29 is 5.11 Å². The lowest BCUT2D eigenvalue weighted by atomic mass is 9.99. The maximum Gasteiger partial charge on any atom is 0.0924 e. The van der Waals surface area contributed by atoms with Crippen molar-refractivity contribution in [2.75, 3.05) is 19.6 Å². The first-order valence-corrected chi connectivity index (χ1v) is 11.5. The number of pyridine rings is 1. The van der Waals surface area contributed by atoms with Gasteiger partial charge >= 0.3 is 0 Å². The number of fused-ring (bicyclic) bond motifs is 1. The molecule has 30 heavy (non-hydrogen) atoms. The van der Waals surface area contributed by atoms with Crippen molar-refractivity contribution in [2.45, 2.75) is 52.1 Å². The van der Waals surface area contributed by atoms with Crippen LogP contribution in [0.1, 0.15) is 62.5 Å². The van der Waals surface area contributed by atoms with E-state index in [0.717, 1.165) is 67.4 Å². The summed E-state index contributed by atoms with van der Waals surface area (Å²) in [4.78, 5) is 7.23. The lowest BCUT2D eigenvalue weighted by Gasteiger charge is -2.26. The van der Waals surface area contributed by atoms with Crippen molar-refractivity contribution in [2.24, 2.45) is 0 Å². The van der Waals surface area contributed by atoms with Gasteiger partial charge < -0.3 is 10.0 Å². The molecule has 0 bridgehead atoms. The fourth-order valence-corrected chi connectivity index (χ4v) is 4.08. The molecule has 0 aliphatic rings. The quantitative estimate of drug-likeness (QED) is 0.386. The molecule has 4 heteroatoms. The van der Waals surface area contributed by atoms with E-state index >= 15 is 0 Å². The fraction of sp³-hybridized carbons (Fsp3) is 0.423. The number of rotatable bonds is 11. The van der Waals surface area contributed by atoms with Gasteiger partial charge in [-0.15, -0.1) is 0 Å². The summed E-state index contributed by atoms with van der Waals surface area (Å²) in [6, 6.07) is 18.2. The van der Waals surface area contributed by atoms with Gasteiger partial charge in [0.05, 0.1) is 16.6 Å². The van der Waals surface area contributed by atoms with Crippen LogP contribution in [-0.4, -0.2) is 34.6 Å². The number of para-hydroxylation sites is 1. The van der Waals surface area contributed by atoms with E-state index in [1.807, 2.05) is 36.4 Å². The molecule has 1 unspecified atom stereocenters. The fourth-order valence-electron chi connectivity index (χ4n) is 3.87. The molecule has 0 fully saturated rings. The van der Waals surface area contributed by atoms with Crippen LogP contribution in [0.3, 0.4) is 0 Å². The first-order valence-electron chi connectivity index (χ1n) is 11.1. The van der Waals surface area contributed by atoms with E-state index in [0.29, 0.717) is 11.6 Å². The van der Waals surface area contributed by atoms with Crippen LogP contribution >= 0.6 is 11.6 Å². The molecular formula is C26H33ClN2O. The van der Waals surface area contributed by atoms with Gasteiger partial charge in [0.2, 0.25) is 0 Å². The molecule has 2 aromatic carbocycles. The van der Waals surface area contributed by atoms with E-state index in [1.54, 1.807) is 0 Å². The number of hydrogen-bond acceptors (Lipinski definition) is 3. The zero-order chi connectivity index (χ0) is 21.3. The van der Waals surface area contributed by atoms with Crippen molar-refractivity contribution in [3.8, 4) is 0 Å². The molecule has 0 aliphatic carbocycles. The van der Waals surface area contributed by atoms with Gasteiger partial charge in [0.15, 0.2) is 0 Å². The maximum absolute atomic E-state index is 11.3. The molecule has 0 spiro atoms. The highest BCUT2D eigenvalue weighted by Crippen LogP contribution is 2.30. The van der Waals surface area contributed by atoms with Gasteiger partial charge in [-0.2, -0.15) is 0 Å². The largest absolute Gasteiger partial charge is 0.387 e. The Morgan fingerprint density at radius 3 is 2.33 bits per heavy atom. The zero-order valence-electron chi connectivity index (χ0n) is 18.1. The Balaban J connectivity index is 1.92. The minimum absolute atomic E-state index is 0.572. The molecule has 0 aliphatic heterocycles. The van der Waals surface area contributed by atoms with E-state index < -0.39 is 6.10 Å². The Bertz CT molecular complexity index is 921. The monoisotopic (exact) mass is 424 g/mol. The Morgan fingerprint density at radius 1 is 0.967 bits per heavy atom. The number of aromatic nitrogens is 1. The van der Waals surface area contributed by atoms with Crippen LogP contribution in [-0.2, 0) is 6.42 Å². The Labute approximate surface area is 185 Å². The highest BCUT2D eigenvalue weighted by atomic mass is 35.5. The molecule has 1 heterocycles. The smallest absolute Gasteiger partial charge is 0.0924 e. The average Bonchev–Trinajstić information content (AvgIpc) is 2.76. The molecule has 1 N–H and O–H groups in total. The summed E-state index contributed by atoms with van der Waals surface area (Å²) in [6.07, 6.45) is 4.77. The Morgan fingerprint density at radius 2 is 1.67 bits per heavy atom. The van der Waals surface area contributed by atoms with Crippen LogP contribution in [0.5, 0.6) is 0 Å². The topological polar surface area (TPSA) is 36.4 Å². The standard InChI is InChI=1S/C26H33ClN2O/c1-3-5-15-29(16-6-4-2)19-25(30)23-18-21(17-20-11-8-7-9-12-20)28-26-22(23)13-10-14-24(26)27/h7-14,18,25,30H,3-6,15-17,19H2,1-2H3. The SMILES string of the molecule is CCCCN(CCCC)CC(O)c1cc(Cc2ccccc2)nc2c(Cl)cccc12. The summed E-state index contributed by atoms with van der Waals surface area (Å²) >= 11 is 6.50. The third kappa shape index (κ3) is 6.04. The molecule has 0 saturated heterocycles. The first-order chi connectivity index (χ1) is 14.6. The second-order valence-electron chi connectivity index (χ2n) is 8.02. The lowest BCUT2D eigenvalue weighted by Crippen LogP contribution is -2.31. The average molecular weight is 425 g/mol. The number of hydrogen-bond donors (Lipinski definition) is 1. The third-order valence-corrected chi connectivity index (χ3v) is 5.85. The van der Waals surface area contributed by atoms with Crippen LogP contribution in [0.15, 0.2) is 54.6 Å². The first kappa shape index (κ1) is 22.7. The minimum Gasteiger partial charge on any atom is -0.387 e. The number of halogens is 1. The van der Waals surface area contributed by atoms with Crippen molar-refractivity contribution in [3.63, 3.8) is 0 Å². The minimum atomic E-state index is -0.572. The predicted molar refractivity (Wildman–Crippen MR) is 127 cm³/mol. The van der Waals surface area contributed by atoms with Gasteiger partial charge in [-0.1, -0.05) is 80.8 Å². The highest BCUT2D eigenvalue weighted by Gasteiger charge is 2.18. The molecule has 1 aromatic heterocycles. The van der Waals surface area contributed by atoms with Gasteiger partial charge in [-0.25, -0.2) is 0 Å². The molecule has 0 saturated carbocycles. The van der Waals surface area contributed by atoms with Crippen LogP contribution in [0.4, 0.5) is 0 Å². The van der Waals surface area contributed by atoms with Crippen molar-refractivity contribution in [1.29, 1.82) is 0 Å². The second kappa shape index (κ2) is 11.5. The summed E-state index contributed by atoms with van der Waals surface area (Å²) in [5, 5.41) is 12.8. The summed E-state index contributed by atoms with van der Waals surface area (Å²) < 4.78 is 0. The van der Waals surface area contributed by atoms with Gasteiger partial charge in [0.25, 0.3) is 0 Å². The molecule has 3 nitrogen and oxygen atoms in total. The summed E-state index contributed by atoms with van der Waals surface area (Å²) in [6.45, 7) is 7.10. The molecule has 1 atom stereocenters. The summed E-state index contributed by atoms with van der Waals surface area (Å²) in [5.41, 5.74) is 3.83. The van der Waals surface area contributed by atoms with Gasteiger partial charge in [-0.3, -0.25) is 4.98 Å². The second-order valence-corrected chi connectivity index (χ2v) is 8.43. The van der Waals surface area contributed by atoms with Crippen molar-refractivity contribution >= 4 is 22.5 Å². The van der Waals surface area contributed by atoms with E-state index in [9.17, 15) is 5.11 Å². The van der Waals surface area contributed by atoms with Crippen LogP contribution in [0.2, 0.25) is 5.02 Å².